The fourth-order valence-electron chi connectivity index (χ4n) is 4.37. The summed E-state index contributed by atoms with van der Waals surface area (Å²) in [5.74, 6) is 2.20. The Labute approximate surface area is 183 Å². The third-order valence-electron chi connectivity index (χ3n) is 6.03. The minimum absolute atomic E-state index is 0.00995. The lowest BCUT2D eigenvalue weighted by atomic mass is 9.87. The fourth-order valence-corrected chi connectivity index (χ4v) is 4.37. The lowest BCUT2D eigenvalue weighted by Crippen LogP contribution is -2.24. The Morgan fingerprint density at radius 1 is 1.16 bits per heavy atom. The first-order valence-corrected chi connectivity index (χ1v) is 10.7. The van der Waals surface area contributed by atoms with E-state index in [1.807, 2.05) is 6.07 Å². The number of phenolic OH excluding ortho intramolecular Hbond substituents is 2. The minimum atomic E-state index is -0.280. The molecule has 0 fully saturated rings. The molecule has 5 nitrogen and oxygen atoms in total. The van der Waals surface area contributed by atoms with E-state index in [1.54, 1.807) is 25.3 Å². The summed E-state index contributed by atoms with van der Waals surface area (Å²) in [5, 5.41) is 20.6. The van der Waals surface area contributed by atoms with Crippen LogP contribution in [0.25, 0.3) is 0 Å². The van der Waals surface area contributed by atoms with Gasteiger partial charge >= 0.3 is 0 Å². The van der Waals surface area contributed by atoms with Crippen LogP contribution in [0.5, 0.6) is 28.7 Å². The molecule has 2 heterocycles. The Morgan fingerprint density at radius 3 is 2.71 bits per heavy atom. The van der Waals surface area contributed by atoms with Crippen molar-refractivity contribution in [2.45, 2.75) is 52.1 Å². The van der Waals surface area contributed by atoms with Crippen molar-refractivity contribution in [3.05, 3.63) is 64.3 Å². The van der Waals surface area contributed by atoms with Crippen LogP contribution in [0.4, 0.5) is 0 Å². The third-order valence-corrected chi connectivity index (χ3v) is 6.03. The summed E-state index contributed by atoms with van der Waals surface area (Å²) in [6.45, 7) is 6.77. The maximum Gasteiger partial charge on any atom is 0.141 e. The molecule has 2 aliphatic heterocycles. The van der Waals surface area contributed by atoms with Gasteiger partial charge in [-0.1, -0.05) is 29.4 Å². The highest BCUT2D eigenvalue weighted by atomic mass is 16.5. The predicted octanol–water partition coefficient (Wildman–Crippen LogP) is 5.95. The van der Waals surface area contributed by atoms with Gasteiger partial charge in [0.1, 0.15) is 34.9 Å². The second-order valence-corrected chi connectivity index (χ2v) is 8.57. The zero-order valence-corrected chi connectivity index (χ0v) is 18.6. The zero-order chi connectivity index (χ0) is 22.1. The molecule has 0 amide bonds. The van der Waals surface area contributed by atoms with Crippen LogP contribution in [-0.2, 0) is 6.42 Å². The standard InChI is InChI=1S/C26H30O5/c1-15(2)6-5-7-16(3)8-10-19-21(28)13-23(29-4)24-25(19)30-14-20-18-11-9-17(27)12-22(18)31-26(20)24/h6,8-9,11-13,20,26-28H,5,7,10,14H2,1-4H3/t20-,26+/m0/s1. The average molecular weight is 423 g/mol. The molecular weight excluding hydrogens is 392 g/mol. The van der Waals surface area contributed by atoms with Crippen LogP contribution in [0.15, 0.2) is 47.6 Å². The summed E-state index contributed by atoms with van der Waals surface area (Å²) >= 11 is 0. The van der Waals surface area contributed by atoms with Crippen molar-refractivity contribution in [2.75, 3.05) is 13.7 Å². The fraction of sp³-hybridized carbons (Fsp3) is 0.385. The van der Waals surface area contributed by atoms with E-state index in [2.05, 4.69) is 32.9 Å². The summed E-state index contributed by atoms with van der Waals surface area (Å²) in [4.78, 5) is 0. The Hall–Kier alpha value is -3.08. The van der Waals surface area contributed by atoms with Crippen molar-refractivity contribution in [1.82, 2.24) is 0 Å². The summed E-state index contributed by atoms with van der Waals surface area (Å²) in [7, 11) is 1.58. The first kappa shape index (κ1) is 21.2. The average Bonchev–Trinajstić information content (AvgIpc) is 3.09. The minimum Gasteiger partial charge on any atom is -0.508 e. The van der Waals surface area contributed by atoms with Gasteiger partial charge in [-0.15, -0.1) is 0 Å². The molecule has 2 aliphatic rings. The Morgan fingerprint density at radius 2 is 1.97 bits per heavy atom. The van der Waals surface area contributed by atoms with E-state index in [1.165, 1.54) is 11.1 Å². The van der Waals surface area contributed by atoms with Crippen LogP contribution in [0.3, 0.4) is 0 Å². The van der Waals surface area contributed by atoms with Gasteiger partial charge in [-0.25, -0.2) is 0 Å². The van der Waals surface area contributed by atoms with Gasteiger partial charge in [-0.2, -0.15) is 0 Å². The van der Waals surface area contributed by atoms with Gasteiger partial charge in [0.2, 0.25) is 0 Å². The molecule has 31 heavy (non-hydrogen) atoms. The van der Waals surface area contributed by atoms with Gasteiger partial charge in [0.25, 0.3) is 0 Å². The first-order chi connectivity index (χ1) is 14.9. The molecule has 2 aromatic rings. The molecule has 2 N–H and O–H groups in total. The van der Waals surface area contributed by atoms with E-state index in [0.717, 1.165) is 29.5 Å². The summed E-state index contributed by atoms with van der Waals surface area (Å²) in [5.41, 5.74) is 5.18. The van der Waals surface area contributed by atoms with Crippen LogP contribution in [0, 0.1) is 0 Å². The van der Waals surface area contributed by atoms with Crippen LogP contribution in [-0.4, -0.2) is 23.9 Å². The maximum atomic E-state index is 10.7. The van der Waals surface area contributed by atoms with Crippen molar-refractivity contribution in [2.24, 2.45) is 0 Å². The van der Waals surface area contributed by atoms with Gasteiger partial charge < -0.3 is 24.4 Å². The van der Waals surface area contributed by atoms with Crippen LogP contribution >= 0.6 is 0 Å². The Balaban J connectivity index is 1.66. The molecule has 2 atom stereocenters. The second-order valence-electron chi connectivity index (χ2n) is 8.57. The summed E-state index contributed by atoms with van der Waals surface area (Å²) < 4.78 is 18.0. The molecule has 0 aliphatic carbocycles. The van der Waals surface area contributed by atoms with Gasteiger partial charge in [-0.3, -0.25) is 0 Å². The van der Waals surface area contributed by atoms with E-state index in [0.29, 0.717) is 30.3 Å². The predicted molar refractivity (Wildman–Crippen MR) is 120 cm³/mol. The zero-order valence-electron chi connectivity index (χ0n) is 18.6. The number of aromatic hydroxyl groups is 2. The number of benzene rings is 2. The molecule has 5 heteroatoms. The molecule has 0 saturated carbocycles. The van der Waals surface area contributed by atoms with Crippen molar-refractivity contribution in [3.8, 4) is 28.7 Å². The number of ether oxygens (including phenoxy) is 3. The van der Waals surface area contributed by atoms with E-state index in [-0.39, 0.29) is 23.5 Å². The monoisotopic (exact) mass is 422 g/mol. The summed E-state index contributed by atoms with van der Waals surface area (Å²) in [6, 6.07) is 6.84. The van der Waals surface area contributed by atoms with E-state index in [4.69, 9.17) is 14.2 Å². The highest BCUT2D eigenvalue weighted by Crippen LogP contribution is 2.56. The molecule has 0 saturated heterocycles. The largest absolute Gasteiger partial charge is 0.508 e. The smallest absolute Gasteiger partial charge is 0.141 e. The molecule has 0 bridgehead atoms. The number of phenols is 2. The third kappa shape index (κ3) is 4.09. The molecule has 0 radical (unpaired) electrons. The highest BCUT2D eigenvalue weighted by Gasteiger charge is 2.44. The maximum absolute atomic E-state index is 10.7. The number of hydrogen-bond acceptors (Lipinski definition) is 5. The lowest BCUT2D eigenvalue weighted by molar-refractivity contribution is 0.134. The van der Waals surface area contributed by atoms with Gasteiger partial charge in [0.05, 0.1) is 25.2 Å². The first-order valence-electron chi connectivity index (χ1n) is 10.7. The second kappa shape index (κ2) is 8.58. The molecular formula is C26H30O5. The van der Waals surface area contributed by atoms with Gasteiger partial charge in [0.15, 0.2) is 0 Å². The number of fused-ring (bicyclic) bond motifs is 5. The van der Waals surface area contributed by atoms with E-state index >= 15 is 0 Å². The molecule has 0 aromatic heterocycles. The Bertz CT molecular complexity index is 1050. The highest BCUT2D eigenvalue weighted by molar-refractivity contribution is 5.62. The van der Waals surface area contributed by atoms with E-state index < -0.39 is 0 Å². The molecule has 2 aromatic carbocycles. The molecule has 0 spiro atoms. The number of rotatable bonds is 6. The van der Waals surface area contributed by atoms with Crippen molar-refractivity contribution < 1.29 is 24.4 Å². The van der Waals surface area contributed by atoms with Crippen molar-refractivity contribution in [1.29, 1.82) is 0 Å². The topological polar surface area (TPSA) is 68.2 Å². The number of hydrogen-bond donors (Lipinski definition) is 2. The Kier molecular flexibility index (Phi) is 5.86. The molecule has 4 rings (SSSR count). The molecule has 164 valence electrons. The normalized spacial score (nSPS) is 18.9. The SMILES string of the molecule is COc1cc(O)c(CC=C(C)CCC=C(C)C)c2c1[C@@H]1Oc3cc(O)ccc3[C@@H]1CO2. The van der Waals surface area contributed by atoms with Crippen LogP contribution < -0.4 is 14.2 Å². The lowest BCUT2D eigenvalue weighted by Gasteiger charge is -2.31. The van der Waals surface area contributed by atoms with Crippen molar-refractivity contribution in [3.63, 3.8) is 0 Å². The van der Waals surface area contributed by atoms with Crippen molar-refractivity contribution >= 4 is 0 Å². The number of methoxy groups -OCH3 is 1. The van der Waals surface area contributed by atoms with Crippen LogP contribution in [0.2, 0.25) is 0 Å². The quantitative estimate of drug-likeness (QED) is 0.563. The number of allylic oxidation sites excluding steroid dienone is 4. The summed E-state index contributed by atoms with van der Waals surface area (Å²) in [6.07, 6.45) is 6.68. The van der Waals surface area contributed by atoms with E-state index in [9.17, 15) is 10.2 Å². The van der Waals surface area contributed by atoms with Gasteiger partial charge in [-0.05, 0) is 46.1 Å². The van der Waals surface area contributed by atoms with Crippen LogP contribution in [0.1, 0.15) is 62.3 Å². The molecule has 0 unspecified atom stereocenters. The van der Waals surface area contributed by atoms with Gasteiger partial charge in [0, 0.05) is 23.3 Å².